The van der Waals surface area contributed by atoms with Gasteiger partial charge >= 0.3 is 5.97 Å². The number of para-hydroxylation sites is 1. The van der Waals surface area contributed by atoms with Crippen LogP contribution in [0, 0.1) is 0 Å². The Bertz CT molecular complexity index is 2020. The molecular formula is C34H31BrCl2N2O6S. The van der Waals surface area contributed by atoms with Gasteiger partial charge in [0.05, 0.1) is 40.1 Å². The van der Waals surface area contributed by atoms with E-state index in [-0.39, 0.29) is 30.5 Å². The van der Waals surface area contributed by atoms with Crippen molar-refractivity contribution in [2.24, 2.45) is 4.99 Å². The Hall–Kier alpha value is -3.57. The van der Waals surface area contributed by atoms with Crippen molar-refractivity contribution in [3.05, 3.63) is 117 Å². The van der Waals surface area contributed by atoms with E-state index in [9.17, 15) is 9.59 Å². The van der Waals surface area contributed by atoms with Crippen molar-refractivity contribution in [2.75, 3.05) is 13.7 Å². The van der Waals surface area contributed by atoms with Crippen LogP contribution in [0.4, 0.5) is 0 Å². The fraction of sp³-hybridized carbons (Fsp3) is 0.265. The van der Waals surface area contributed by atoms with Crippen LogP contribution in [-0.4, -0.2) is 30.4 Å². The number of hydrogen-bond acceptors (Lipinski definition) is 8. The van der Waals surface area contributed by atoms with E-state index in [4.69, 9.17) is 42.1 Å². The highest BCUT2D eigenvalue weighted by Crippen LogP contribution is 2.39. The molecule has 1 aliphatic heterocycles. The minimum Gasteiger partial charge on any atom is -0.493 e. The summed E-state index contributed by atoms with van der Waals surface area (Å²) in [6.07, 6.45) is 1.63. The second kappa shape index (κ2) is 14.5. The van der Waals surface area contributed by atoms with Gasteiger partial charge in [0.25, 0.3) is 5.56 Å². The number of halogens is 3. The van der Waals surface area contributed by atoms with Gasteiger partial charge in [-0.1, -0.05) is 58.8 Å². The van der Waals surface area contributed by atoms with Gasteiger partial charge in [-0.05, 0) is 85.6 Å². The number of esters is 1. The molecule has 0 N–H and O–H groups in total. The summed E-state index contributed by atoms with van der Waals surface area (Å²) in [5.41, 5.74) is 2.56. The predicted molar refractivity (Wildman–Crippen MR) is 184 cm³/mol. The number of benzene rings is 3. The molecular weight excluding hydrogens is 715 g/mol. The molecule has 1 aromatic heterocycles. The van der Waals surface area contributed by atoms with Crippen molar-refractivity contribution >= 4 is 62.5 Å². The van der Waals surface area contributed by atoms with Crippen molar-refractivity contribution in [1.82, 2.24) is 4.57 Å². The molecule has 0 saturated carbocycles. The average molecular weight is 747 g/mol. The SMILES string of the molecule is CCOC(=O)C1=C(C)N=c2s/c(=C/c3cc(Br)c(OCc4ccc(Cl)cc4Cl)c(OC)c3)c(=O)n2[C@H]1c1ccccc1OC(C)C. The van der Waals surface area contributed by atoms with Crippen molar-refractivity contribution in [2.45, 2.75) is 46.4 Å². The minimum atomic E-state index is -0.802. The number of carbonyl (C=O) groups excluding carboxylic acids is 1. The zero-order valence-corrected chi connectivity index (χ0v) is 29.6. The Labute approximate surface area is 288 Å². The molecule has 0 bridgehead atoms. The van der Waals surface area contributed by atoms with Crippen LogP contribution in [0.25, 0.3) is 6.08 Å². The Morgan fingerprint density at radius 3 is 2.59 bits per heavy atom. The first-order chi connectivity index (χ1) is 22.0. The lowest BCUT2D eigenvalue weighted by atomic mass is 9.95. The van der Waals surface area contributed by atoms with Gasteiger partial charge in [0.1, 0.15) is 18.4 Å². The molecule has 0 unspecified atom stereocenters. The van der Waals surface area contributed by atoms with Gasteiger partial charge in [0.15, 0.2) is 16.3 Å². The monoisotopic (exact) mass is 744 g/mol. The normalized spacial score (nSPS) is 14.6. The van der Waals surface area contributed by atoms with Crippen molar-refractivity contribution in [1.29, 1.82) is 0 Å². The quantitative estimate of drug-likeness (QED) is 0.159. The second-order valence-corrected chi connectivity index (χ2v) is 13.3. The number of hydrogen-bond donors (Lipinski definition) is 0. The maximum atomic E-state index is 14.2. The molecule has 0 spiro atoms. The van der Waals surface area contributed by atoms with E-state index in [0.717, 1.165) is 5.56 Å². The van der Waals surface area contributed by atoms with E-state index in [1.54, 1.807) is 44.2 Å². The summed E-state index contributed by atoms with van der Waals surface area (Å²) >= 11 is 17.2. The van der Waals surface area contributed by atoms with Crippen LogP contribution in [0.15, 0.2) is 80.1 Å². The Balaban J connectivity index is 1.60. The number of thiazole rings is 1. The van der Waals surface area contributed by atoms with Crippen molar-refractivity contribution in [3.63, 3.8) is 0 Å². The van der Waals surface area contributed by atoms with E-state index in [1.165, 1.54) is 23.0 Å². The molecule has 3 aromatic carbocycles. The third-order valence-corrected chi connectivity index (χ3v) is 9.19. The maximum Gasteiger partial charge on any atom is 0.338 e. The predicted octanol–water partition coefficient (Wildman–Crippen LogP) is 7.24. The van der Waals surface area contributed by atoms with Gasteiger partial charge in [0.2, 0.25) is 0 Å². The van der Waals surface area contributed by atoms with Crippen LogP contribution in [0.2, 0.25) is 10.0 Å². The van der Waals surface area contributed by atoms with Crippen LogP contribution in [0.5, 0.6) is 17.2 Å². The second-order valence-electron chi connectivity index (χ2n) is 10.6. The highest BCUT2D eigenvalue weighted by atomic mass is 79.9. The molecule has 0 amide bonds. The maximum absolute atomic E-state index is 14.2. The average Bonchev–Trinajstić information content (AvgIpc) is 3.30. The van der Waals surface area contributed by atoms with E-state index < -0.39 is 12.0 Å². The summed E-state index contributed by atoms with van der Waals surface area (Å²) < 4.78 is 25.9. The summed E-state index contributed by atoms with van der Waals surface area (Å²) in [4.78, 5) is 32.6. The van der Waals surface area contributed by atoms with E-state index in [2.05, 4.69) is 20.9 Å². The first kappa shape index (κ1) is 33.8. The lowest BCUT2D eigenvalue weighted by molar-refractivity contribution is -0.139. The van der Waals surface area contributed by atoms with E-state index in [1.807, 2.05) is 44.2 Å². The zero-order chi connectivity index (χ0) is 33.1. The first-order valence-corrected chi connectivity index (χ1v) is 16.8. The molecule has 240 valence electrons. The summed E-state index contributed by atoms with van der Waals surface area (Å²) in [6, 6.07) is 15.4. The molecule has 1 atom stereocenters. The molecule has 46 heavy (non-hydrogen) atoms. The summed E-state index contributed by atoms with van der Waals surface area (Å²) in [5.74, 6) is 0.962. The number of allylic oxidation sites excluding steroid dienone is 1. The minimum absolute atomic E-state index is 0.128. The molecule has 2 heterocycles. The standard InChI is InChI=1S/C34H31BrCl2N2O6S/c1-6-43-33(41)29-19(4)38-34-39(30(29)23-9-7-8-10-26(23)45-18(2)3)32(40)28(46-34)15-20-13-24(35)31(27(14-20)42-5)44-17-21-11-12-22(36)16-25(21)37/h7-16,18,30H,6,17H2,1-5H3/b28-15+/t30-/m0/s1. The molecule has 0 radical (unpaired) electrons. The number of rotatable bonds is 10. The largest absolute Gasteiger partial charge is 0.493 e. The molecule has 12 heteroatoms. The number of methoxy groups -OCH3 is 1. The van der Waals surface area contributed by atoms with E-state index in [0.29, 0.717) is 57.9 Å². The Kier molecular flexibility index (Phi) is 10.6. The Morgan fingerprint density at radius 1 is 1.13 bits per heavy atom. The van der Waals surface area contributed by atoms with Gasteiger partial charge in [-0.25, -0.2) is 9.79 Å². The number of ether oxygens (including phenoxy) is 4. The summed E-state index contributed by atoms with van der Waals surface area (Å²) in [5, 5.41) is 1.03. The van der Waals surface area contributed by atoms with Crippen LogP contribution in [-0.2, 0) is 16.1 Å². The highest BCUT2D eigenvalue weighted by Gasteiger charge is 2.35. The van der Waals surface area contributed by atoms with Gasteiger partial charge in [-0.3, -0.25) is 9.36 Å². The molecule has 0 fully saturated rings. The summed E-state index contributed by atoms with van der Waals surface area (Å²) in [6.45, 7) is 7.70. The number of fused-ring (bicyclic) bond motifs is 1. The van der Waals surface area contributed by atoms with Gasteiger partial charge in [-0.15, -0.1) is 0 Å². The first-order valence-electron chi connectivity index (χ1n) is 14.4. The highest BCUT2D eigenvalue weighted by molar-refractivity contribution is 9.10. The third kappa shape index (κ3) is 7.05. The lowest BCUT2D eigenvalue weighted by Gasteiger charge is -2.26. The molecule has 4 aromatic rings. The van der Waals surface area contributed by atoms with Gasteiger partial charge in [-0.2, -0.15) is 0 Å². The van der Waals surface area contributed by atoms with Crippen LogP contribution < -0.4 is 29.1 Å². The number of nitrogens with zero attached hydrogens (tertiary/aromatic N) is 2. The van der Waals surface area contributed by atoms with E-state index >= 15 is 0 Å². The van der Waals surface area contributed by atoms with Crippen LogP contribution >= 0.6 is 50.5 Å². The van der Waals surface area contributed by atoms with Crippen LogP contribution in [0.3, 0.4) is 0 Å². The lowest BCUT2D eigenvalue weighted by Crippen LogP contribution is -2.40. The fourth-order valence-electron chi connectivity index (χ4n) is 5.06. The van der Waals surface area contributed by atoms with Crippen LogP contribution in [0.1, 0.15) is 50.4 Å². The number of carbonyl (C=O) groups is 1. The Morgan fingerprint density at radius 2 is 1.89 bits per heavy atom. The fourth-order valence-corrected chi connectivity index (χ4v) is 7.14. The third-order valence-electron chi connectivity index (χ3n) is 7.03. The molecule has 0 aliphatic carbocycles. The molecule has 0 saturated heterocycles. The van der Waals surface area contributed by atoms with Crippen molar-refractivity contribution in [3.8, 4) is 17.2 Å². The van der Waals surface area contributed by atoms with Crippen molar-refractivity contribution < 1.29 is 23.7 Å². The molecule has 5 rings (SSSR count). The smallest absolute Gasteiger partial charge is 0.338 e. The molecule has 1 aliphatic rings. The van der Waals surface area contributed by atoms with Gasteiger partial charge in [0, 0.05) is 21.2 Å². The number of aromatic nitrogens is 1. The molecule has 8 nitrogen and oxygen atoms in total. The summed E-state index contributed by atoms with van der Waals surface area (Å²) in [7, 11) is 1.54. The zero-order valence-electron chi connectivity index (χ0n) is 25.7. The topological polar surface area (TPSA) is 88.4 Å². The van der Waals surface area contributed by atoms with Gasteiger partial charge < -0.3 is 18.9 Å².